The van der Waals surface area contributed by atoms with Gasteiger partial charge in [-0.3, -0.25) is 4.79 Å². The van der Waals surface area contributed by atoms with E-state index in [4.69, 9.17) is 5.11 Å². The topological polar surface area (TPSA) is 37.3 Å². The van der Waals surface area contributed by atoms with Gasteiger partial charge in [0.15, 0.2) is 0 Å². The Kier molecular flexibility index (Phi) is 6.60. The summed E-state index contributed by atoms with van der Waals surface area (Å²) in [5.41, 5.74) is 0.201. The maximum atomic E-state index is 10.4. The Morgan fingerprint density at radius 1 is 1.14 bits per heavy atom. The minimum Gasteiger partial charge on any atom is -0.481 e. The summed E-state index contributed by atoms with van der Waals surface area (Å²) in [6.45, 7) is 6.54. The predicted molar refractivity (Wildman–Crippen MR) is 59.4 cm³/mol. The fourth-order valence-corrected chi connectivity index (χ4v) is 1.60. The quantitative estimate of drug-likeness (QED) is 0.604. The smallest absolute Gasteiger partial charge is 0.303 e. The summed E-state index contributed by atoms with van der Waals surface area (Å²) in [7, 11) is 0. The summed E-state index contributed by atoms with van der Waals surface area (Å²) in [6, 6.07) is 0. The lowest BCUT2D eigenvalue weighted by Crippen LogP contribution is -2.13. The maximum absolute atomic E-state index is 10.4. The number of unbranched alkanes of at least 4 members (excludes halogenated alkanes) is 3. The second kappa shape index (κ2) is 6.86. The average molecular weight is 200 g/mol. The van der Waals surface area contributed by atoms with Crippen LogP contribution in [0.2, 0.25) is 0 Å². The number of hydrogen-bond acceptors (Lipinski definition) is 1. The van der Waals surface area contributed by atoms with Gasteiger partial charge in [-0.25, -0.2) is 0 Å². The van der Waals surface area contributed by atoms with Crippen LogP contribution in [0.5, 0.6) is 0 Å². The van der Waals surface area contributed by atoms with Crippen molar-refractivity contribution in [3.8, 4) is 0 Å². The van der Waals surface area contributed by atoms with Gasteiger partial charge < -0.3 is 5.11 Å². The molecule has 0 fully saturated rings. The molecule has 84 valence electrons. The van der Waals surface area contributed by atoms with Gasteiger partial charge in [-0.15, -0.1) is 0 Å². The van der Waals surface area contributed by atoms with Gasteiger partial charge in [-0.2, -0.15) is 0 Å². The number of carboxylic acids is 1. The molecule has 2 heteroatoms. The molecule has 0 aromatic carbocycles. The molecule has 2 nitrogen and oxygen atoms in total. The van der Waals surface area contributed by atoms with Crippen molar-refractivity contribution in [1.82, 2.24) is 0 Å². The van der Waals surface area contributed by atoms with Crippen LogP contribution in [0.3, 0.4) is 0 Å². The Balaban J connectivity index is 3.55. The van der Waals surface area contributed by atoms with Gasteiger partial charge >= 0.3 is 5.97 Å². The van der Waals surface area contributed by atoms with Crippen LogP contribution in [-0.2, 0) is 4.79 Å². The van der Waals surface area contributed by atoms with Gasteiger partial charge in [-0.1, -0.05) is 46.5 Å². The lowest BCUT2D eigenvalue weighted by atomic mass is 9.82. The largest absolute Gasteiger partial charge is 0.481 e. The molecule has 0 aliphatic heterocycles. The molecule has 0 aliphatic carbocycles. The summed E-state index contributed by atoms with van der Waals surface area (Å²) >= 11 is 0. The molecular weight excluding hydrogens is 176 g/mol. The number of rotatable bonds is 8. The molecule has 0 aliphatic rings. The zero-order valence-electron chi connectivity index (χ0n) is 9.81. The van der Waals surface area contributed by atoms with Crippen LogP contribution in [0, 0.1) is 5.41 Å². The number of carbonyl (C=O) groups is 1. The molecule has 0 saturated carbocycles. The summed E-state index contributed by atoms with van der Waals surface area (Å²) in [6.07, 6.45) is 7.34. The minimum atomic E-state index is -0.674. The van der Waals surface area contributed by atoms with Crippen LogP contribution in [0.25, 0.3) is 0 Å². The molecule has 14 heavy (non-hydrogen) atoms. The van der Waals surface area contributed by atoms with E-state index in [9.17, 15) is 4.79 Å². The van der Waals surface area contributed by atoms with Crippen molar-refractivity contribution in [2.75, 3.05) is 0 Å². The Morgan fingerprint density at radius 2 is 1.79 bits per heavy atom. The molecule has 0 atom stereocenters. The zero-order valence-corrected chi connectivity index (χ0v) is 9.81. The molecule has 0 saturated heterocycles. The molecule has 0 amide bonds. The van der Waals surface area contributed by atoms with E-state index in [1.54, 1.807) is 0 Å². The van der Waals surface area contributed by atoms with Crippen molar-refractivity contribution in [1.29, 1.82) is 0 Å². The normalized spacial score (nSPS) is 11.6. The minimum absolute atomic E-state index is 0.201. The first-order valence-electron chi connectivity index (χ1n) is 5.70. The van der Waals surface area contributed by atoms with Gasteiger partial charge in [0, 0.05) is 6.42 Å². The fourth-order valence-electron chi connectivity index (χ4n) is 1.60. The molecule has 0 bridgehead atoms. The van der Waals surface area contributed by atoms with Gasteiger partial charge in [0.2, 0.25) is 0 Å². The Hall–Kier alpha value is -0.530. The van der Waals surface area contributed by atoms with Crippen molar-refractivity contribution >= 4 is 5.97 Å². The van der Waals surface area contributed by atoms with E-state index in [-0.39, 0.29) is 5.41 Å². The summed E-state index contributed by atoms with van der Waals surface area (Å²) in [5.74, 6) is -0.674. The number of carboxylic acid groups (broad SMARTS) is 1. The molecule has 0 aromatic rings. The van der Waals surface area contributed by atoms with E-state index < -0.39 is 5.97 Å². The second-order valence-corrected chi connectivity index (χ2v) is 4.87. The van der Waals surface area contributed by atoms with E-state index in [2.05, 4.69) is 20.8 Å². The van der Waals surface area contributed by atoms with Crippen LogP contribution < -0.4 is 0 Å². The highest BCUT2D eigenvalue weighted by Crippen LogP contribution is 2.29. The molecule has 0 radical (unpaired) electrons. The third-order valence-electron chi connectivity index (χ3n) is 2.72. The van der Waals surface area contributed by atoms with Gasteiger partial charge in [0.1, 0.15) is 0 Å². The third kappa shape index (κ3) is 8.09. The van der Waals surface area contributed by atoms with E-state index in [1.807, 2.05) is 0 Å². The Morgan fingerprint density at radius 3 is 2.29 bits per heavy atom. The van der Waals surface area contributed by atoms with Crippen molar-refractivity contribution in [3.05, 3.63) is 0 Å². The maximum Gasteiger partial charge on any atom is 0.303 e. The first-order valence-corrected chi connectivity index (χ1v) is 5.70. The standard InChI is InChI=1S/C12H24O2/c1-4-5-6-7-9-12(2,3)10-8-11(13)14/h4-10H2,1-3H3,(H,13,14). The summed E-state index contributed by atoms with van der Waals surface area (Å²) < 4.78 is 0. The Labute approximate surface area is 87.7 Å². The van der Waals surface area contributed by atoms with E-state index in [1.165, 1.54) is 25.7 Å². The van der Waals surface area contributed by atoms with Crippen LogP contribution in [0.15, 0.2) is 0 Å². The highest BCUT2D eigenvalue weighted by Gasteiger charge is 2.18. The second-order valence-electron chi connectivity index (χ2n) is 4.87. The third-order valence-corrected chi connectivity index (χ3v) is 2.72. The summed E-state index contributed by atoms with van der Waals surface area (Å²) in [5, 5.41) is 8.59. The van der Waals surface area contributed by atoms with Crippen LogP contribution in [0.1, 0.15) is 65.7 Å². The molecule has 0 heterocycles. The highest BCUT2D eigenvalue weighted by atomic mass is 16.4. The first-order chi connectivity index (χ1) is 6.48. The molecule has 1 N–H and O–H groups in total. The highest BCUT2D eigenvalue weighted by molar-refractivity contribution is 5.66. The zero-order chi connectivity index (χ0) is 11.0. The van der Waals surface area contributed by atoms with Crippen molar-refractivity contribution in [3.63, 3.8) is 0 Å². The molecule has 0 unspecified atom stereocenters. The SMILES string of the molecule is CCCCCCC(C)(C)CCC(=O)O. The van der Waals surface area contributed by atoms with Crippen LogP contribution >= 0.6 is 0 Å². The van der Waals surface area contributed by atoms with Crippen LogP contribution in [-0.4, -0.2) is 11.1 Å². The predicted octanol–water partition coefficient (Wildman–Crippen LogP) is 3.85. The number of aliphatic carboxylic acids is 1. The molecule has 0 aromatic heterocycles. The summed E-state index contributed by atoms with van der Waals surface area (Å²) in [4.78, 5) is 10.4. The number of hydrogen-bond donors (Lipinski definition) is 1. The fraction of sp³-hybridized carbons (Fsp3) is 0.917. The van der Waals surface area contributed by atoms with E-state index in [0.717, 1.165) is 12.8 Å². The van der Waals surface area contributed by atoms with E-state index in [0.29, 0.717) is 6.42 Å². The van der Waals surface area contributed by atoms with Gasteiger partial charge in [-0.05, 0) is 18.3 Å². The van der Waals surface area contributed by atoms with Crippen LogP contribution in [0.4, 0.5) is 0 Å². The van der Waals surface area contributed by atoms with E-state index >= 15 is 0 Å². The Bertz CT molecular complexity index is 162. The van der Waals surface area contributed by atoms with Crippen molar-refractivity contribution < 1.29 is 9.90 Å². The molecule has 0 spiro atoms. The van der Waals surface area contributed by atoms with Crippen molar-refractivity contribution in [2.45, 2.75) is 65.7 Å². The van der Waals surface area contributed by atoms with Gasteiger partial charge in [0.05, 0.1) is 0 Å². The molecular formula is C12H24O2. The lowest BCUT2D eigenvalue weighted by molar-refractivity contribution is -0.137. The lowest BCUT2D eigenvalue weighted by Gasteiger charge is -2.23. The van der Waals surface area contributed by atoms with Gasteiger partial charge in [0.25, 0.3) is 0 Å². The molecule has 0 rings (SSSR count). The monoisotopic (exact) mass is 200 g/mol. The van der Waals surface area contributed by atoms with Crippen molar-refractivity contribution in [2.24, 2.45) is 5.41 Å². The first kappa shape index (κ1) is 13.5. The average Bonchev–Trinajstić information content (AvgIpc) is 2.10.